The van der Waals surface area contributed by atoms with Crippen molar-refractivity contribution in [2.45, 2.75) is 33.0 Å². The number of amides is 1. The molecule has 1 saturated heterocycles. The molecule has 3 rings (SSSR count). The number of halogens is 3. The Morgan fingerprint density at radius 1 is 1.32 bits per heavy atom. The summed E-state index contributed by atoms with van der Waals surface area (Å²) in [6.07, 6.45) is -1.73. The number of anilines is 1. The van der Waals surface area contributed by atoms with Crippen molar-refractivity contribution in [3.8, 4) is 17.3 Å². The Balaban J connectivity index is 1.96. The Kier molecular flexibility index (Phi) is 5.73. The van der Waals surface area contributed by atoms with E-state index in [1.807, 2.05) is 11.8 Å². The third-order valence-electron chi connectivity index (χ3n) is 4.35. The van der Waals surface area contributed by atoms with Crippen LogP contribution in [0.25, 0.3) is 11.3 Å². The SMILES string of the molecule is CCOc1ncc(-c2nc(C(F)(F)F)sc2N2CCN(C(C)=O)[C@H](C)C2)cn1. The van der Waals surface area contributed by atoms with Crippen LogP contribution in [0.5, 0.6) is 6.01 Å². The quantitative estimate of drug-likeness (QED) is 0.764. The van der Waals surface area contributed by atoms with E-state index in [-0.39, 0.29) is 23.7 Å². The van der Waals surface area contributed by atoms with Gasteiger partial charge in [0.25, 0.3) is 0 Å². The Bertz CT molecular complexity index is 840. The molecule has 3 heterocycles. The molecule has 0 spiro atoms. The van der Waals surface area contributed by atoms with Crippen molar-refractivity contribution in [2.24, 2.45) is 0 Å². The smallest absolute Gasteiger partial charge is 0.443 e. The molecular weight excluding hydrogens is 395 g/mol. The summed E-state index contributed by atoms with van der Waals surface area (Å²) < 4.78 is 45.1. The molecule has 28 heavy (non-hydrogen) atoms. The molecule has 0 radical (unpaired) electrons. The molecule has 152 valence electrons. The van der Waals surface area contributed by atoms with Crippen molar-refractivity contribution in [3.05, 3.63) is 17.4 Å². The van der Waals surface area contributed by atoms with Gasteiger partial charge in [-0.25, -0.2) is 15.0 Å². The second-order valence-electron chi connectivity index (χ2n) is 6.37. The summed E-state index contributed by atoms with van der Waals surface area (Å²) in [6.45, 7) is 6.82. The number of aromatic nitrogens is 3. The van der Waals surface area contributed by atoms with Crippen LogP contribution in [0.3, 0.4) is 0 Å². The van der Waals surface area contributed by atoms with Crippen LogP contribution in [0.4, 0.5) is 18.2 Å². The van der Waals surface area contributed by atoms with E-state index in [4.69, 9.17) is 4.74 Å². The van der Waals surface area contributed by atoms with Crippen molar-refractivity contribution in [1.82, 2.24) is 19.9 Å². The summed E-state index contributed by atoms with van der Waals surface area (Å²) in [5.74, 6) is -0.0485. The second kappa shape index (κ2) is 7.90. The lowest BCUT2D eigenvalue weighted by Gasteiger charge is -2.40. The number of hydrogen-bond donors (Lipinski definition) is 0. The van der Waals surface area contributed by atoms with Crippen LogP contribution in [0, 0.1) is 0 Å². The van der Waals surface area contributed by atoms with E-state index in [0.29, 0.717) is 48.1 Å². The van der Waals surface area contributed by atoms with E-state index in [0.717, 1.165) is 0 Å². The molecule has 0 bridgehead atoms. The molecule has 1 amide bonds. The summed E-state index contributed by atoms with van der Waals surface area (Å²) >= 11 is 0.593. The largest absolute Gasteiger partial charge is 0.464 e. The van der Waals surface area contributed by atoms with Crippen LogP contribution in [0.2, 0.25) is 0 Å². The van der Waals surface area contributed by atoms with Crippen LogP contribution >= 0.6 is 11.3 Å². The number of nitrogens with zero attached hydrogens (tertiary/aromatic N) is 5. The van der Waals surface area contributed by atoms with Crippen molar-refractivity contribution in [1.29, 1.82) is 0 Å². The van der Waals surface area contributed by atoms with Gasteiger partial charge in [0.15, 0.2) is 0 Å². The van der Waals surface area contributed by atoms with Gasteiger partial charge >= 0.3 is 12.2 Å². The molecule has 0 saturated carbocycles. The Morgan fingerprint density at radius 3 is 2.54 bits per heavy atom. The van der Waals surface area contributed by atoms with Crippen LogP contribution in [-0.2, 0) is 11.0 Å². The van der Waals surface area contributed by atoms with E-state index in [1.165, 1.54) is 19.3 Å². The van der Waals surface area contributed by atoms with Gasteiger partial charge in [0.2, 0.25) is 10.9 Å². The predicted octanol–water partition coefficient (Wildman–Crippen LogP) is 3.07. The molecule has 2 aromatic heterocycles. The molecule has 0 N–H and O–H groups in total. The highest BCUT2D eigenvalue weighted by atomic mass is 32.1. The predicted molar refractivity (Wildman–Crippen MR) is 98.4 cm³/mol. The molecule has 1 atom stereocenters. The lowest BCUT2D eigenvalue weighted by Crippen LogP contribution is -2.53. The van der Waals surface area contributed by atoms with Gasteiger partial charge in [-0.05, 0) is 13.8 Å². The fourth-order valence-corrected chi connectivity index (χ4v) is 4.08. The van der Waals surface area contributed by atoms with Crippen molar-refractivity contribution in [2.75, 3.05) is 31.1 Å². The molecule has 2 aromatic rings. The zero-order valence-electron chi connectivity index (χ0n) is 15.7. The standard InChI is InChI=1S/C17H20F3N5O2S/c1-4-27-16-21-7-12(8-22-16)13-14(28-15(23-13)17(18,19)20)24-5-6-25(11(3)26)10(2)9-24/h7-8,10H,4-6,9H2,1-3H3/t10-/m1/s1. The van der Waals surface area contributed by atoms with E-state index < -0.39 is 11.2 Å². The molecule has 0 aliphatic carbocycles. The minimum absolute atomic E-state index is 0.0485. The number of ether oxygens (including phenoxy) is 1. The molecule has 0 unspecified atom stereocenters. The molecule has 7 nitrogen and oxygen atoms in total. The van der Waals surface area contributed by atoms with Gasteiger partial charge in [-0.15, -0.1) is 0 Å². The molecule has 0 aromatic carbocycles. The average molecular weight is 415 g/mol. The van der Waals surface area contributed by atoms with Crippen LogP contribution in [0.15, 0.2) is 12.4 Å². The highest BCUT2D eigenvalue weighted by Crippen LogP contribution is 2.42. The first-order valence-corrected chi connectivity index (χ1v) is 9.57. The topological polar surface area (TPSA) is 71.5 Å². The highest BCUT2D eigenvalue weighted by Gasteiger charge is 2.38. The summed E-state index contributed by atoms with van der Waals surface area (Å²) in [5.41, 5.74) is 0.565. The third kappa shape index (κ3) is 4.18. The fraction of sp³-hybridized carbons (Fsp3) is 0.529. The zero-order chi connectivity index (χ0) is 20.5. The van der Waals surface area contributed by atoms with E-state index in [1.54, 1.807) is 11.8 Å². The number of rotatable bonds is 4. The van der Waals surface area contributed by atoms with Gasteiger partial charge in [-0.3, -0.25) is 4.79 Å². The number of carbonyl (C=O) groups is 1. The maximum absolute atomic E-state index is 13.3. The van der Waals surface area contributed by atoms with Gasteiger partial charge in [-0.2, -0.15) is 13.2 Å². The van der Waals surface area contributed by atoms with Crippen LogP contribution in [0.1, 0.15) is 25.8 Å². The highest BCUT2D eigenvalue weighted by molar-refractivity contribution is 7.16. The van der Waals surface area contributed by atoms with Gasteiger partial charge in [-0.1, -0.05) is 11.3 Å². The van der Waals surface area contributed by atoms with Gasteiger partial charge < -0.3 is 14.5 Å². The maximum Gasteiger partial charge on any atom is 0.443 e. The zero-order valence-corrected chi connectivity index (χ0v) is 16.5. The Hall–Kier alpha value is -2.43. The Morgan fingerprint density at radius 2 is 2.00 bits per heavy atom. The van der Waals surface area contributed by atoms with Crippen molar-refractivity contribution < 1.29 is 22.7 Å². The molecule has 11 heteroatoms. The number of hydrogen-bond acceptors (Lipinski definition) is 7. The number of carbonyl (C=O) groups excluding carboxylic acids is 1. The summed E-state index contributed by atoms with van der Waals surface area (Å²) in [7, 11) is 0. The lowest BCUT2D eigenvalue weighted by atomic mass is 10.1. The first kappa shape index (κ1) is 20.3. The van der Waals surface area contributed by atoms with Crippen LogP contribution < -0.4 is 9.64 Å². The van der Waals surface area contributed by atoms with Crippen molar-refractivity contribution >= 4 is 22.2 Å². The molecule has 1 aliphatic rings. The van der Waals surface area contributed by atoms with Gasteiger partial charge in [0.05, 0.1) is 6.61 Å². The maximum atomic E-state index is 13.3. The molecule has 1 fully saturated rings. The first-order valence-electron chi connectivity index (χ1n) is 8.76. The van der Waals surface area contributed by atoms with Crippen LogP contribution in [-0.4, -0.2) is 58.0 Å². The average Bonchev–Trinajstić information content (AvgIpc) is 3.08. The van der Waals surface area contributed by atoms with Gasteiger partial charge in [0, 0.05) is 50.6 Å². The van der Waals surface area contributed by atoms with Gasteiger partial charge in [0.1, 0.15) is 10.7 Å². The Labute approximate surface area is 164 Å². The minimum Gasteiger partial charge on any atom is -0.464 e. The minimum atomic E-state index is -4.55. The second-order valence-corrected chi connectivity index (χ2v) is 7.34. The molecular formula is C17H20F3N5O2S. The fourth-order valence-electron chi connectivity index (χ4n) is 3.09. The van der Waals surface area contributed by atoms with Crippen molar-refractivity contribution in [3.63, 3.8) is 0 Å². The lowest BCUT2D eigenvalue weighted by molar-refractivity contribution is -0.137. The summed E-state index contributed by atoms with van der Waals surface area (Å²) in [6, 6.07) is 0.0369. The third-order valence-corrected chi connectivity index (χ3v) is 5.51. The van der Waals surface area contributed by atoms with E-state index >= 15 is 0 Å². The number of piperazine rings is 1. The summed E-state index contributed by atoms with van der Waals surface area (Å²) in [5, 5.41) is -0.525. The first-order chi connectivity index (χ1) is 13.2. The normalized spacial score (nSPS) is 17.7. The molecule has 1 aliphatic heterocycles. The van der Waals surface area contributed by atoms with E-state index in [2.05, 4.69) is 15.0 Å². The summed E-state index contributed by atoms with van der Waals surface area (Å²) in [4.78, 5) is 27.1. The van der Waals surface area contributed by atoms with E-state index in [9.17, 15) is 18.0 Å². The number of thiazole rings is 1. The number of alkyl halides is 3. The monoisotopic (exact) mass is 415 g/mol.